The van der Waals surface area contributed by atoms with Crippen molar-refractivity contribution in [3.05, 3.63) is 78.4 Å². The lowest BCUT2D eigenvalue weighted by Crippen LogP contribution is -2.34. The van der Waals surface area contributed by atoms with Gasteiger partial charge in [0, 0.05) is 11.4 Å². The number of hydrogen-bond donors (Lipinski definition) is 3. The number of ether oxygens (including phenoxy) is 2. The van der Waals surface area contributed by atoms with Gasteiger partial charge in [0.15, 0.2) is 5.11 Å². The van der Waals surface area contributed by atoms with Crippen molar-refractivity contribution >= 4 is 44.6 Å². The predicted molar refractivity (Wildman–Crippen MR) is 155 cm³/mol. The zero-order valence-electron chi connectivity index (χ0n) is 21.7. The molecule has 3 aromatic rings. The topological polar surface area (TPSA) is 106 Å². The fourth-order valence-corrected chi connectivity index (χ4v) is 4.84. The third-order valence-electron chi connectivity index (χ3n) is 5.49. The molecule has 0 fully saturated rings. The molecule has 0 aromatic heterocycles. The van der Waals surface area contributed by atoms with E-state index in [9.17, 15) is 13.2 Å². The molecule has 3 aromatic carbocycles. The number of thiocarbonyl (C=S) groups is 1. The minimum Gasteiger partial charge on any atom is -0.494 e. The third kappa shape index (κ3) is 8.46. The fourth-order valence-electron chi connectivity index (χ4n) is 3.57. The highest BCUT2D eigenvalue weighted by Crippen LogP contribution is 2.22. The van der Waals surface area contributed by atoms with Crippen LogP contribution in [0.4, 0.5) is 11.4 Å². The summed E-state index contributed by atoms with van der Waals surface area (Å²) in [6.07, 6.45) is 2.99. The van der Waals surface area contributed by atoms with E-state index in [1.165, 1.54) is 12.1 Å². The minimum atomic E-state index is -3.79. The van der Waals surface area contributed by atoms with E-state index >= 15 is 0 Å². The van der Waals surface area contributed by atoms with Gasteiger partial charge >= 0.3 is 0 Å². The highest BCUT2D eigenvalue weighted by Gasteiger charge is 2.17. The Kier molecular flexibility index (Phi) is 10.5. The first kappa shape index (κ1) is 28.9. The normalized spacial score (nSPS) is 11.8. The van der Waals surface area contributed by atoms with Gasteiger partial charge in [0.05, 0.1) is 23.2 Å². The average molecular weight is 556 g/mol. The Morgan fingerprint density at radius 1 is 0.947 bits per heavy atom. The lowest BCUT2D eigenvalue weighted by molar-refractivity contribution is 0.0970. The monoisotopic (exact) mass is 555 g/mol. The molecule has 0 saturated heterocycles. The summed E-state index contributed by atoms with van der Waals surface area (Å²) in [4.78, 5) is 12.9. The number of rotatable bonds is 12. The van der Waals surface area contributed by atoms with Gasteiger partial charge in [0.2, 0.25) is 0 Å². The number of sulfonamides is 1. The Morgan fingerprint density at radius 2 is 1.61 bits per heavy atom. The van der Waals surface area contributed by atoms with Crippen molar-refractivity contribution in [2.24, 2.45) is 0 Å². The van der Waals surface area contributed by atoms with Crippen LogP contribution in [0.25, 0.3) is 0 Å². The van der Waals surface area contributed by atoms with E-state index in [0.29, 0.717) is 35.0 Å². The molecule has 10 heteroatoms. The molecule has 1 amide bonds. The van der Waals surface area contributed by atoms with E-state index in [1.807, 2.05) is 19.9 Å². The molecule has 1 atom stereocenters. The molecule has 1 unspecified atom stereocenters. The van der Waals surface area contributed by atoms with Crippen LogP contribution in [0, 0.1) is 0 Å². The van der Waals surface area contributed by atoms with Crippen LogP contribution in [-0.4, -0.2) is 32.1 Å². The Balaban J connectivity index is 1.59. The Bertz CT molecular complexity index is 1330. The molecule has 3 rings (SSSR count). The molecule has 0 spiro atoms. The molecular formula is C28H33N3O5S2. The smallest absolute Gasteiger partial charge is 0.261 e. The first-order valence-corrected chi connectivity index (χ1v) is 14.3. The van der Waals surface area contributed by atoms with E-state index < -0.39 is 15.9 Å². The molecular weight excluding hydrogens is 522 g/mol. The second-order valence-corrected chi connectivity index (χ2v) is 10.7. The maximum absolute atomic E-state index is 12.9. The standard InChI is InChI=1S/C28H33N3O5S2/c1-4-6-9-20(3)36-26-11-8-7-10-25(26)27(32)30-28(37)29-21-14-18-24(19-15-21)38(33,34)31-22-12-16-23(17-13-22)35-5-2/h7-8,10-20,31H,4-6,9H2,1-3H3,(H2,29,30,32,37). The number of amides is 1. The van der Waals surface area contributed by atoms with Crippen molar-refractivity contribution in [1.82, 2.24) is 5.32 Å². The SMILES string of the molecule is CCCCC(C)Oc1ccccc1C(=O)NC(=S)Nc1ccc(S(=O)(=O)Nc2ccc(OCC)cc2)cc1. The number of para-hydroxylation sites is 1. The number of carbonyl (C=O) groups excluding carboxylic acids is 1. The quantitative estimate of drug-likeness (QED) is 0.236. The van der Waals surface area contributed by atoms with Crippen LogP contribution < -0.4 is 24.8 Å². The van der Waals surface area contributed by atoms with Gasteiger partial charge in [0.1, 0.15) is 11.5 Å². The number of anilines is 2. The molecule has 0 heterocycles. The van der Waals surface area contributed by atoms with E-state index in [1.54, 1.807) is 54.6 Å². The van der Waals surface area contributed by atoms with Gasteiger partial charge in [-0.1, -0.05) is 31.9 Å². The summed E-state index contributed by atoms with van der Waals surface area (Å²) in [6.45, 7) is 6.50. The van der Waals surface area contributed by atoms with E-state index in [-0.39, 0.29) is 16.1 Å². The number of nitrogens with one attached hydrogen (secondary N) is 3. The molecule has 0 bridgehead atoms. The van der Waals surface area contributed by atoms with Crippen molar-refractivity contribution in [2.75, 3.05) is 16.6 Å². The van der Waals surface area contributed by atoms with Gasteiger partial charge in [-0.05, 0) is 93.1 Å². The Labute approximate surface area is 229 Å². The third-order valence-corrected chi connectivity index (χ3v) is 7.09. The van der Waals surface area contributed by atoms with Crippen molar-refractivity contribution in [1.29, 1.82) is 0 Å². The highest BCUT2D eigenvalue weighted by molar-refractivity contribution is 7.92. The minimum absolute atomic E-state index is 0.0207. The average Bonchev–Trinajstić information content (AvgIpc) is 2.89. The summed E-state index contributed by atoms with van der Waals surface area (Å²) in [6, 6.07) is 19.7. The Hall–Kier alpha value is -3.63. The maximum atomic E-state index is 12.9. The molecule has 0 aliphatic carbocycles. The lowest BCUT2D eigenvalue weighted by Gasteiger charge is -2.17. The van der Waals surface area contributed by atoms with Gasteiger partial charge in [-0.15, -0.1) is 0 Å². The molecule has 3 N–H and O–H groups in total. The van der Waals surface area contributed by atoms with E-state index in [2.05, 4.69) is 22.3 Å². The maximum Gasteiger partial charge on any atom is 0.261 e. The van der Waals surface area contributed by atoms with Crippen LogP contribution in [0.2, 0.25) is 0 Å². The summed E-state index contributed by atoms with van der Waals surface area (Å²) < 4.78 is 39.4. The summed E-state index contributed by atoms with van der Waals surface area (Å²) in [5, 5.41) is 5.64. The van der Waals surface area contributed by atoms with E-state index in [0.717, 1.165) is 19.3 Å². The first-order chi connectivity index (χ1) is 18.2. The van der Waals surface area contributed by atoms with Crippen LogP contribution in [-0.2, 0) is 10.0 Å². The zero-order valence-corrected chi connectivity index (χ0v) is 23.3. The molecule has 0 saturated carbocycles. The predicted octanol–water partition coefficient (Wildman–Crippen LogP) is 5.97. The largest absolute Gasteiger partial charge is 0.494 e. The molecule has 38 heavy (non-hydrogen) atoms. The van der Waals surface area contributed by atoms with Crippen LogP contribution in [0.3, 0.4) is 0 Å². The fraction of sp³-hybridized carbons (Fsp3) is 0.286. The second kappa shape index (κ2) is 13.8. The molecule has 8 nitrogen and oxygen atoms in total. The lowest BCUT2D eigenvalue weighted by atomic mass is 10.1. The van der Waals surface area contributed by atoms with Crippen LogP contribution in [0.15, 0.2) is 77.7 Å². The van der Waals surface area contributed by atoms with Gasteiger partial charge in [-0.2, -0.15) is 0 Å². The van der Waals surface area contributed by atoms with Crippen molar-refractivity contribution < 1.29 is 22.7 Å². The van der Waals surface area contributed by atoms with Gasteiger partial charge < -0.3 is 14.8 Å². The summed E-state index contributed by atoms with van der Waals surface area (Å²) in [5.74, 6) is 0.747. The first-order valence-electron chi connectivity index (χ1n) is 12.5. The zero-order chi connectivity index (χ0) is 27.5. The van der Waals surface area contributed by atoms with Crippen molar-refractivity contribution in [3.8, 4) is 11.5 Å². The molecule has 0 aliphatic rings. The molecule has 202 valence electrons. The number of carbonyl (C=O) groups is 1. The molecule has 0 radical (unpaired) electrons. The Morgan fingerprint density at radius 3 is 2.26 bits per heavy atom. The summed E-state index contributed by atoms with van der Waals surface area (Å²) in [5.41, 5.74) is 1.32. The van der Waals surface area contributed by atoms with E-state index in [4.69, 9.17) is 21.7 Å². The summed E-state index contributed by atoms with van der Waals surface area (Å²) >= 11 is 5.30. The summed E-state index contributed by atoms with van der Waals surface area (Å²) in [7, 11) is -3.79. The van der Waals surface area contributed by atoms with Crippen LogP contribution >= 0.6 is 12.2 Å². The highest BCUT2D eigenvalue weighted by atomic mass is 32.2. The van der Waals surface area contributed by atoms with Gasteiger partial charge in [0.25, 0.3) is 15.9 Å². The number of unbranched alkanes of at least 4 members (excludes halogenated alkanes) is 1. The van der Waals surface area contributed by atoms with Gasteiger partial charge in [-0.3, -0.25) is 14.8 Å². The number of benzene rings is 3. The number of hydrogen-bond acceptors (Lipinski definition) is 6. The second-order valence-electron chi connectivity index (χ2n) is 8.56. The van der Waals surface area contributed by atoms with Crippen LogP contribution in [0.1, 0.15) is 50.4 Å². The van der Waals surface area contributed by atoms with Crippen LogP contribution in [0.5, 0.6) is 11.5 Å². The van der Waals surface area contributed by atoms with Crippen molar-refractivity contribution in [3.63, 3.8) is 0 Å². The molecule has 0 aliphatic heterocycles. The van der Waals surface area contributed by atoms with Crippen molar-refractivity contribution in [2.45, 2.75) is 51.0 Å². The van der Waals surface area contributed by atoms with Gasteiger partial charge in [-0.25, -0.2) is 8.42 Å².